The minimum Gasteiger partial charge on any atom is -0.379 e. The third-order valence-electron chi connectivity index (χ3n) is 5.67. The van der Waals surface area contributed by atoms with Gasteiger partial charge in [0.05, 0.1) is 66.1 Å². The molecule has 0 rings (SSSR count). The first-order valence-electron chi connectivity index (χ1n) is 14.4. The molecule has 0 heterocycles. The van der Waals surface area contributed by atoms with Gasteiger partial charge in [-0.1, -0.05) is 77.6 Å². The third kappa shape index (κ3) is 34.0. The highest BCUT2D eigenvalue weighted by atomic mass is 35.5. The van der Waals surface area contributed by atoms with Crippen LogP contribution < -0.4 is 0 Å². The van der Waals surface area contributed by atoms with Crippen LogP contribution in [0.1, 0.15) is 96.8 Å². The van der Waals surface area contributed by atoms with Crippen molar-refractivity contribution < 1.29 is 28.4 Å². The Labute approximate surface area is 222 Å². The Balaban J connectivity index is 3.00. The second kappa shape index (κ2) is 34.0. The van der Waals surface area contributed by atoms with Crippen LogP contribution >= 0.6 is 11.6 Å². The monoisotopic (exact) mass is 524 g/mol. The molecule has 0 atom stereocenters. The van der Waals surface area contributed by atoms with Gasteiger partial charge in [-0.15, -0.1) is 11.6 Å². The lowest BCUT2D eigenvalue weighted by molar-refractivity contribution is -0.0169. The maximum Gasteiger partial charge on any atom is 0.0701 e. The summed E-state index contributed by atoms with van der Waals surface area (Å²) in [7, 11) is 0. The van der Waals surface area contributed by atoms with Crippen LogP contribution in [0.15, 0.2) is 0 Å². The molecule has 0 aliphatic heterocycles. The summed E-state index contributed by atoms with van der Waals surface area (Å²) in [5.74, 6) is 0.757. The van der Waals surface area contributed by atoms with Crippen LogP contribution in [0.4, 0.5) is 0 Å². The molecule has 0 saturated heterocycles. The van der Waals surface area contributed by atoms with E-state index in [0.29, 0.717) is 66.1 Å². The van der Waals surface area contributed by atoms with Crippen LogP contribution in [-0.2, 0) is 28.4 Å². The molecular formula is C28H57ClO6. The largest absolute Gasteiger partial charge is 0.379 e. The zero-order chi connectivity index (χ0) is 25.3. The summed E-state index contributed by atoms with van der Waals surface area (Å²) in [5.41, 5.74) is 0. The summed E-state index contributed by atoms with van der Waals surface area (Å²) in [6, 6.07) is 0. The van der Waals surface area contributed by atoms with E-state index in [9.17, 15) is 0 Å². The number of ether oxygens (including phenoxy) is 6. The van der Waals surface area contributed by atoms with Crippen molar-refractivity contribution in [1.82, 2.24) is 0 Å². The number of rotatable bonds is 32. The molecule has 7 heteroatoms. The van der Waals surface area contributed by atoms with E-state index in [0.717, 1.165) is 38.4 Å². The lowest BCUT2D eigenvalue weighted by atomic mass is 10.1. The van der Waals surface area contributed by atoms with Gasteiger partial charge in [-0.2, -0.15) is 0 Å². The van der Waals surface area contributed by atoms with Gasteiger partial charge in [0.1, 0.15) is 0 Å². The van der Waals surface area contributed by atoms with Crippen LogP contribution in [0, 0.1) is 0 Å². The van der Waals surface area contributed by atoms with E-state index in [1.165, 1.54) is 70.6 Å². The summed E-state index contributed by atoms with van der Waals surface area (Å²) >= 11 is 5.65. The van der Waals surface area contributed by atoms with E-state index >= 15 is 0 Å². The normalized spacial score (nSPS) is 11.5. The summed E-state index contributed by atoms with van der Waals surface area (Å²) in [6.45, 7) is 9.96. The molecule has 6 nitrogen and oxygen atoms in total. The van der Waals surface area contributed by atoms with Gasteiger partial charge < -0.3 is 28.4 Å². The van der Waals surface area contributed by atoms with Crippen molar-refractivity contribution in [2.75, 3.05) is 85.2 Å². The van der Waals surface area contributed by atoms with Crippen LogP contribution in [0.25, 0.3) is 0 Å². The van der Waals surface area contributed by atoms with Crippen molar-refractivity contribution in [3.05, 3.63) is 0 Å². The predicted octanol–water partition coefficient (Wildman–Crippen LogP) is 6.81. The number of unbranched alkanes of at least 4 members (excludes halogenated alkanes) is 12. The lowest BCUT2D eigenvalue weighted by Crippen LogP contribution is -2.14. The second-order valence-corrected chi connectivity index (χ2v) is 9.34. The zero-order valence-corrected chi connectivity index (χ0v) is 23.7. The van der Waals surface area contributed by atoms with Crippen LogP contribution in [-0.4, -0.2) is 85.2 Å². The average Bonchev–Trinajstić information content (AvgIpc) is 2.87. The molecule has 212 valence electrons. The maximum atomic E-state index is 5.65. The Bertz CT molecular complexity index is 330. The summed E-state index contributed by atoms with van der Waals surface area (Å²) in [4.78, 5) is 0. The van der Waals surface area contributed by atoms with E-state index in [2.05, 4.69) is 6.92 Å². The Hall–Kier alpha value is 0.0500. The fourth-order valence-electron chi connectivity index (χ4n) is 3.55. The van der Waals surface area contributed by atoms with Gasteiger partial charge in [-0.05, 0) is 19.3 Å². The molecule has 0 unspecified atom stereocenters. The first-order chi connectivity index (χ1) is 17.4. The number of halogens is 1. The Morgan fingerprint density at radius 1 is 0.314 bits per heavy atom. The first kappa shape index (κ1) is 35.0. The summed E-state index contributed by atoms with van der Waals surface area (Å²) in [6.07, 6.45) is 18.1. The SMILES string of the molecule is CCCCCCCCCCCCOCCOCCOCCOCCOCCOCCCCCCCl. The number of hydrogen-bond acceptors (Lipinski definition) is 6. The molecule has 0 aromatic rings. The minimum atomic E-state index is 0.574. The smallest absolute Gasteiger partial charge is 0.0701 e. The number of alkyl halides is 1. The molecule has 0 bridgehead atoms. The van der Waals surface area contributed by atoms with Crippen molar-refractivity contribution in [2.24, 2.45) is 0 Å². The minimum absolute atomic E-state index is 0.574. The predicted molar refractivity (Wildman–Crippen MR) is 146 cm³/mol. The fraction of sp³-hybridized carbons (Fsp3) is 1.00. The topological polar surface area (TPSA) is 55.4 Å². The molecule has 35 heavy (non-hydrogen) atoms. The molecule has 0 amide bonds. The van der Waals surface area contributed by atoms with E-state index in [-0.39, 0.29) is 0 Å². The quantitative estimate of drug-likeness (QED) is 0.0711. The van der Waals surface area contributed by atoms with Gasteiger partial charge in [0, 0.05) is 19.1 Å². The van der Waals surface area contributed by atoms with E-state index in [4.69, 9.17) is 40.0 Å². The molecule has 0 aliphatic carbocycles. The average molecular weight is 525 g/mol. The Morgan fingerprint density at radius 2 is 0.571 bits per heavy atom. The fourth-order valence-corrected chi connectivity index (χ4v) is 3.73. The van der Waals surface area contributed by atoms with Gasteiger partial charge in [0.2, 0.25) is 0 Å². The van der Waals surface area contributed by atoms with Crippen LogP contribution in [0.5, 0.6) is 0 Å². The summed E-state index contributed by atoms with van der Waals surface area (Å²) < 4.78 is 33.2. The first-order valence-corrected chi connectivity index (χ1v) is 15.0. The molecule has 0 N–H and O–H groups in total. The van der Waals surface area contributed by atoms with Crippen LogP contribution in [0.2, 0.25) is 0 Å². The second-order valence-electron chi connectivity index (χ2n) is 8.96. The molecule has 0 aromatic carbocycles. The van der Waals surface area contributed by atoms with Gasteiger partial charge in [0.15, 0.2) is 0 Å². The molecule has 0 aromatic heterocycles. The van der Waals surface area contributed by atoms with E-state index in [1.54, 1.807) is 0 Å². The molecular weight excluding hydrogens is 468 g/mol. The van der Waals surface area contributed by atoms with Gasteiger partial charge in [0.25, 0.3) is 0 Å². The molecule has 0 saturated carbocycles. The highest BCUT2D eigenvalue weighted by molar-refractivity contribution is 6.17. The van der Waals surface area contributed by atoms with Gasteiger partial charge >= 0.3 is 0 Å². The molecule has 0 aliphatic rings. The van der Waals surface area contributed by atoms with Gasteiger partial charge in [-0.25, -0.2) is 0 Å². The van der Waals surface area contributed by atoms with Crippen LogP contribution in [0.3, 0.4) is 0 Å². The molecule has 0 fully saturated rings. The van der Waals surface area contributed by atoms with Crippen molar-refractivity contribution in [1.29, 1.82) is 0 Å². The standard InChI is InChI=1S/C28H57ClO6/c1-2-3-4-5-6-7-8-9-11-14-17-30-19-21-32-23-25-34-27-28-35-26-24-33-22-20-31-18-15-12-10-13-16-29/h2-28H2,1H3. The highest BCUT2D eigenvalue weighted by Crippen LogP contribution is 2.10. The lowest BCUT2D eigenvalue weighted by Gasteiger charge is -2.08. The highest BCUT2D eigenvalue weighted by Gasteiger charge is 1.96. The van der Waals surface area contributed by atoms with Crippen molar-refractivity contribution >= 4 is 11.6 Å². The molecule has 0 spiro atoms. The van der Waals surface area contributed by atoms with Crippen molar-refractivity contribution in [3.8, 4) is 0 Å². The zero-order valence-electron chi connectivity index (χ0n) is 22.9. The summed E-state index contributed by atoms with van der Waals surface area (Å²) in [5, 5.41) is 0. The van der Waals surface area contributed by atoms with Crippen molar-refractivity contribution in [2.45, 2.75) is 96.8 Å². The maximum absolute atomic E-state index is 5.65. The van der Waals surface area contributed by atoms with Gasteiger partial charge in [-0.3, -0.25) is 0 Å². The molecule has 0 radical (unpaired) electrons. The van der Waals surface area contributed by atoms with Crippen molar-refractivity contribution in [3.63, 3.8) is 0 Å². The third-order valence-corrected chi connectivity index (χ3v) is 5.94. The van der Waals surface area contributed by atoms with E-state index in [1.807, 2.05) is 0 Å². The van der Waals surface area contributed by atoms with E-state index < -0.39 is 0 Å². The number of hydrogen-bond donors (Lipinski definition) is 0. The Morgan fingerprint density at radius 3 is 0.886 bits per heavy atom. The Kier molecular flexibility index (Phi) is 34.1.